The van der Waals surface area contributed by atoms with Gasteiger partial charge in [0, 0.05) is 11.2 Å². The van der Waals surface area contributed by atoms with E-state index < -0.39 is 0 Å². The Morgan fingerprint density at radius 3 is 2.56 bits per heavy atom. The van der Waals surface area contributed by atoms with Crippen LogP contribution >= 0.6 is 23.2 Å². The van der Waals surface area contributed by atoms with Gasteiger partial charge in [-0.15, -0.1) is 0 Å². The first-order valence-corrected chi connectivity index (χ1v) is 6.18. The van der Waals surface area contributed by atoms with Crippen LogP contribution in [0.25, 0.3) is 0 Å². The summed E-state index contributed by atoms with van der Waals surface area (Å²) in [5.74, 6) is 0.580. The number of hydrogen-bond donors (Lipinski definition) is 2. The van der Waals surface area contributed by atoms with E-state index in [-0.39, 0.29) is 0 Å². The average Bonchev–Trinajstić information content (AvgIpc) is 2.32. The SMILES string of the molecule is Cc1cc(Cl)c(Nc2nccc(C)c2N)cc1Cl. The standard InChI is InChI=1S/C13H13Cl2N3/c1-7-3-4-17-13(12(7)16)18-11-6-9(14)8(2)5-10(11)15/h3-6H,16H2,1-2H3,(H,17,18). The zero-order valence-corrected chi connectivity index (χ0v) is 11.6. The van der Waals surface area contributed by atoms with Gasteiger partial charge in [0.1, 0.15) is 0 Å². The van der Waals surface area contributed by atoms with Gasteiger partial charge in [-0.25, -0.2) is 4.98 Å². The van der Waals surface area contributed by atoms with Crippen LogP contribution in [0.3, 0.4) is 0 Å². The number of aromatic nitrogens is 1. The van der Waals surface area contributed by atoms with Crippen LogP contribution in [0.15, 0.2) is 24.4 Å². The maximum atomic E-state index is 6.15. The van der Waals surface area contributed by atoms with Crippen molar-refractivity contribution in [3.63, 3.8) is 0 Å². The molecule has 0 unspecified atom stereocenters. The lowest BCUT2D eigenvalue weighted by atomic mass is 10.2. The predicted molar refractivity (Wildman–Crippen MR) is 77.9 cm³/mol. The molecule has 0 saturated heterocycles. The van der Waals surface area contributed by atoms with E-state index in [1.54, 1.807) is 18.3 Å². The Hall–Kier alpha value is -1.45. The summed E-state index contributed by atoms with van der Waals surface area (Å²) in [6, 6.07) is 5.42. The molecule has 94 valence electrons. The van der Waals surface area contributed by atoms with Crippen molar-refractivity contribution >= 4 is 40.4 Å². The lowest BCUT2D eigenvalue weighted by Gasteiger charge is -2.12. The highest BCUT2D eigenvalue weighted by molar-refractivity contribution is 6.35. The van der Waals surface area contributed by atoms with E-state index in [0.29, 0.717) is 27.2 Å². The molecule has 0 amide bonds. The monoisotopic (exact) mass is 281 g/mol. The molecule has 0 spiro atoms. The summed E-state index contributed by atoms with van der Waals surface area (Å²) < 4.78 is 0. The van der Waals surface area contributed by atoms with Gasteiger partial charge < -0.3 is 11.1 Å². The Morgan fingerprint density at radius 2 is 1.83 bits per heavy atom. The molecule has 3 nitrogen and oxygen atoms in total. The number of nitrogens with one attached hydrogen (secondary N) is 1. The Balaban J connectivity index is 2.40. The fourth-order valence-electron chi connectivity index (χ4n) is 1.54. The third-order valence-electron chi connectivity index (χ3n) is 2.71. The number of benzene rings is 1. The molecule has 0 aliphatic rings. The normalized spacial score (nSPS) is 10.4. The number of hydrogen-bond acceptors (Lipinski definition) is 3. The highest BCUT2D eigenvalue weighted by atomic mass is 35.5. The lowest BCUT2D eigenvalue weighted by molar-refractivity contribution is 1.28. The predicted octanol–water partition coefficient (Wildman–Crippen LogP) is 4.33. The molecule has 2 rings (SSSR count). The molecular weight excluding hydrogens is 269 g/mol. The second-order valence-electron chi connectivity index (χ2n) is 4.10. The van der Waals surface area contributed by atoms with Crippen molar-refractivity contribution in [3.8, 4) is 0 Å². The van der Waals surface area contributed by atoms with Gasteiger partial charge in [-0.05, 0) is 43.2 Å². The second-order valence-corrected chi connectivity index (χ2v) is 4.91. The van der Waals surface area contributed by atoms with Crippen LogP contribution in [0.5, 0.6) is 0 Å². The second kappa shape index (κ2) is 5.04. The van der Waals surface area contributed by atoms with Crippen molar-refractivity contribution in [3.05, 3.63) is 45.6 Å². The van der Waals surface area contributed by atoms with Crippen molar-refractivity contribution in [2.75, 3.05) is 11.1 Å². The summed E-state index contributed by atoms with van der Waals surface area (Å²) in [6.45, 7) is 3.82. The summed E-state index contributed by atoms with van der Waals surface area (Å²) in [7, 11) is 0. The van der Waals surface area contributed by atoms with Crippen molar-refractivity contribution in [2.24, 2.45) is 0 Å². The largest absolute Gasteiger partial charge is 0.396 e. The van der Waals surface area contributed by atoms with E-state index in [2.05, 4.69) is 10.3 Å². The zero-order chi connectivity index (χ0) is 13.3. The van der Waals surface area contributed by atoms with Crippen molar-refractivity contribution in [1.82, 2.24) is 4.98 Å². The first kappa shape index (κ1) is 13.0. The number of nitrogen functional groups attached to an aromatic ring is 1. The molecule has 3 N–H and O–H groups in total. The minimum atomic E-state index is 0.580. The van der Waals surface area contributed by atoms with Gasteiger partial charge in [0.05, 0.1) is 16.4 Å². The molecular formula is C13H13Cl2N3. The molecule has 1 heterocycles. The van der Waals surface area contributed by atoms with Crippen LogP contribution in [0.4, 0.5) is 17.2 Å². The Labute approximate surface area is 116 Å². The minimum absolute atomic E-state index is 0.580. The van der Waals surface area contributed by atoms with Crippen LogP contribution in [-0.2, 0) is 0 Å². The maximum Gasteiger partial charge on any atom is 0.153 e. The third kappa shape index (κ3) is 2.52. The van der Waals surface area contributed by atoms with E-state index >= 15 is 0 Å². The Morgan fingerprint density at radius 1 is 1.11 bits per heavy atom. The van der Waals surface area contributed by atoms with E-state index in [4.69, 9.17) is 28.9 Å². The van der Waals surface area contributed by atoms with Gasteiger partial charge in [-0.1, -0.05) is 23.2 Å². The van der Waals surface area contributed by atoms with Crippen molar-refractivity contribution in [2.45, 2.75) is 13.8 Å². The first-order chi connectivity index (χ1) is 8.49. The number of anilines is 3. The summed E-state index contributed by atoms with van der Waals surface area (Å²) in [4.78, 5) is 4.19. The molecule has 0 fully saturated rings. The van der Waals surface area contributed by atoms with Gasteiger partial charge in [0.15, 0.2) is 5.82 Å². The zero-order valence-electron chi connectivity index (χ0n) is 10.1. The fraction of sp³-hybridized carbons (Fsp3) is 0.154. The van der Waals surface area contributed by atoms with Gasteiger partial charge >= 0.3 is 0 Å². The van der Waals surface area contributed by atoms with Crippen LogP contribution in [0, 0.1) is 13.8 Å². The molecule has 18 heavy (non-hydrogen) atoms. The lowest BCUT2D eigenvalue weighted by Crippen LogP contribution is -2.01. The quantitative estimate of drug-likeness (QED) is 0.861. The van der Waals surface area contributed by atoms with Crippen LogP contribution in [-0.4, -0.2) is 4.98 Å². The van der Waals surface area contributed by atoms with E-state index in [1.165, 1.54) is 0 Å². The number of nitrogens with two attached hydrogens (primary N) is 1. The average molecular weight is 282 g/mol. The number of halogens is 2. The molecule has 0 aliphatic heterocycles. The first-order valence-electron chi connectivity index (χ1n) is 5.43. The van der Waals surface area contributed by atoms with Crippen LogP contribution in [0.2, 0.25) is 10.0 Å². The fourth-order valence-corrected chi connectivity index (χ4v) is 1.97. The van der Waals surface area contributed by atoms with Gasteiger partial charge in [0.2, 0.25) is 0 Å². The molecule has 0 saturated carbocycles. The number of aryl methyl sites for hydroxylation is 2. The van der Waals surface area contributed by atoms with Gasteiger partial charge in [0.25, 0.3) is 0 Å². The smallest absolute Gasteiger partial charge is 0.153 e. The summed E-state index contributed by atoms with van der Waals surface area (Å²) >= 11 is 12.2. The Bertz CT molecular complexity index is 597. The number of nitrogens with zero attached hydrogens (tertiary/aromatic N) is 1. The number of pyridine rings is 1. The third-order valence-corrected chi connectivity index (χ3v) is 3.43. The Kier molecular flexibility index (Phi) is 3.64. The van der Waals surface area contributed by atoms with Gasteiger partial charge in [-0.3, -0.25) is 0 Å². The molecule has 5 heteroatoms. The molecule has 0 aliphatic carbocycles. The highest BCUT2D eigenvalue weighted by Gasteiger charge is 2.08. The maximum absolute atomic E-state index is 6.15. The molecule has 1 aromatic carbocycles. The van der Waals surface area contributed by atoms with Crippen LogP contribution < -0.4 is 11.1 Å². The molecule has 1 aromatic heterocycles. The van der Waals surface area contributed by atoms with E-state index in [1.807, 2.05) is 19.9 Å². The molecule has 0 atom stereocenters. The van der Waals surface area contributed by atoms with E-state index in [0.717, 1.165) is 11.1 Å². The van der Waals surface area contributed by atoms with Crippen molar-refractivity contribution in [1.29, 1.82) is 0 Å². The molecule has 0 radical (unpaired) electrons. The summed E-state index contributed by atoms with van der Waals surface area (Å²) in [5.41, 5.74) is 9.13. The van der Waals surface area contributed by atoms with Crippen LogP contribution in [0.1, 0.15) is 11.1 Å². The summed E-state index contributed by atoms with van der Waals surface area (Å²) in [6.07, 6.45) is 1.69. The summed E-state index contributed by atoms with van der Waals surface area (Å²) in [5, 5.41) is 4.33. The minimum Gasteiger partial charge on any atom is -0.396 e. The van der Waals surface area contributed by atoms with E-state index in [9.17, 15) is 0 Å². The highest BCUT2D eigenvalue weighted by Crippen LogP contribution is 2.32. The topological polar surface area (TPSA) is 50.9 Å². The molecule has 2 aromatic rings. The van der Waals surface area contributed by atoms with Gasteiger partial charge in [-0.2, -0.15) is 0 Å². The molecule has 0 bridgehead atoms. The number of rotatable bonds is 2. The van der Waals surface area contributed by atoms with Crippen molar-refractivity contribution < 1.29 is 0 Å².